The Morgan fingerprint density at radius 2 is 2.10 bits per heavy atom. The summed E-state index contributed by atoms with van der Waals surface area (Å²) < 4.78 is 7.53. The molecule has 0 saturated carbocycles. The van der Waals surface area contributed by atoms with Crippen LogP contribution in [0.2, 0.25) is 5.02 Å². The standard InChI is InChI=1S/C15H16Br2ClNOS/c1-3-5-19-13(15-11(16)4-6-21-15)10-7-9(18)8-12(17)14(10)20-2/h4,6-8,13,19H,3,5H2,1-2H3. The van der Waals surface area contributed by atoms with Gasteiger partial charge in [0.1, 0.15) is 5.75 Å². The summed E-state index contributed by atoms with van der Waals surface area (Å²) in [5, 5.41) is 6.34. The zero-order valence-electron chi connectivity index (χ0n) is 11.8. The molecule has 0 aliphatic carbocycles. The second-order valence-electron chi connectivity index (χ2n) is 4.53. The summed E-state index contributed by atoms with van der Waals surface area (Å²) in [6, 6.07) is 5.92. The number of methoxy groups -OCH3 is 1. The molecule has 1 aromatic heterocycles. The van der Waals surface area contributed by atoms with Gasteiger partial charge in [0.2, 0.25) is 0 Å². The normalized spacial score (nSPS) is 12.4. The average Bonchev–Trinajstić information content (AvgIpc) is 2.85. The highest BCUT2D eigenvalue weighted by molar-refractivity contribution is 9.10. The van der Waals surface area contributed by atoms with Crippen molar-refractivity contribution in [3.63, 3.8) is 0 Å². The number of nitrogens with one attached hydrogen (secondary N) is 1. The maximum absolute atomic E-state index is 6.24. The van der Waals surface area contributed by atoms with Crippen LogP contribution in [0.1, 0.15) is 29.8 Å². The van der Waals surface area contributed by atoms with E-state index >= 15 is 0 Å². The molecule has 0 bridgehead atoms. The Morgan fingerprint density at radius 1 is 1.33 bits per heavy atom. The summed E-state index contributed by atoms with van der Waals surface area (Å²) in [4.78, 5) is 1.22. The van der Waals surface area contributed by atoms with Gasteiger partial charge < -0.3 is 10.1 Å². The molecule has 1 heterocycles. The zero-order valence-corrected chi connectivity index (χ0v) is 16.5. The lowest BCUT2D eigenvalue weighted by atomic mass is 10.0. The molecule has 1 N–H and O–H groups in total. The van der Waals surface area contributed by atoms with Gasteiger partial charge in [-0.1, -0.05) is 18.5 Å². The summed E-state index contributed by atoms with van der Waals surface area (Å²) in [7, 11) is 1.68. The molecule has 2 aromatic rings. The van der Waals surface area contributed by atoms with Gasteiger partial charge in [-0.25, -0.2) is 0 Å². The number of halogens is 3. The molecule has 0 aliphatic rings. The Labute approximate surface area is 151 Å². The van der Waals surface area contributed by atoms with Crippen molar-refractivity contribution in [1.29, 1.82) is 0 Å². The van der Waals surface area contributed by atoms with Crippen molar-refractivity contribution in [3.05, 3.63) is 48.0 Å². The highest BCUT2D eigenvalue weighted by atomic mass is 79.9. The number of hydrogen-bond acceptors (Lipinski definition) is 3. The van der Waals surface area contributed by atoms with Crippen LogP contribution >= 0.6 is 54.8 Å². The summed E-state index contributed by atoms with van der Waals surface area (Å²) in [6.07, 6.45) is 1.06. The van der Waals surface area contributed by atoms with Crippen molar-refractivity contribution >= 4 is 54.8 Å². The molecular formula is C15H16Br2ClNOS. The van der Waals surface area contributed by atoms with Crippen LogP contribution in [0.25, 0.3) is 0 Å². The Hall–Kier alpha value is -0.0700. The van der Waals surface area contributed by atoms with Crippen molar-refractivity contribution in [2.45, 2.75) is 19.4 Å². The molecule has 1 atom stereocenters. The molecule has 6 heteroatoms. The van der Waals surface area contributed by atoms with Gasteiger partial charge in [-0.05, 0) is 68.4 Å². The predicted molar refractivity (Wildman–Crippen MR) is 97.9 cm³/mol. The minimum atomic E-state index is 0.0456. The second kappa shape index (κ2) is 7.97. The number of rotatable bonds is 6. The lowest BCUT2D eigenvalue weighted by molar-refractivity contribution is 0.401. The third-order valence-electron chi connectivity index (χ3n) is 3.06. The fourth-order valence-electron chi connectivity index (χ4n) is 2.15. The van der Waals surface area contributed by atoms with E-state index in [1.54, 1.807) is 18.4 Å². The van der Waals surface area contributed by atoms with Crippen LogP contribution in [-0.2, 0) is 0 Å². The van der Waals surface area contributed by atoms with Crippen LogP contribution in [-0.4, -0.2) is 13.7 Å². The highest BCUT2D eigenvalue weighted by Gasteiger charge is 2.23. The van der Waals surface area contributed by atoms with E-state index < -0.39 is 0 Å². The van der Waals surface area contributed by atoms with Gasteiger partial charge in [0.25, 0.3) is 0 Å². The van der Waals surface area contributed by atoms with Crippen molar-refractivity contribution in [2.24, 2.45) is 0 Å². The molecule has 1 aromatic carbocycles. The molecule has 0 radical (unpaired) electrons. The van der Waals surface area contributed by atoms with Crippen molar-refractivity contribution in [2.75, 3.05) is 13.7 Å². The van der Waals surface area contributed by atoms with Crippen molar-refractivity contribution in [1.82, 2.24) is 5.32 Å². The first kappa shape index (κ1) is 17.3. The third kappa shape index (κ3) is 4.02. The fraction of sp³-hybridized carbons (Fsp3) is 0.333. The smallest absolute Gasteiger partial charge is 0.138 e. The van der Waals surface area contributed by atoms with Crippen LogP contribution in [0.15, 0.2) is 32.5 Å². The van der Waals surface area contributed by atoms with Gasteiger partial charge >= 0.3 is 0 Å². The monoisotopic (exact) mass is 451 g/mol. The van der Waals surface area contributed by atoms with E-state index in [1.165, 1.54) is 4.88 Å². The van der Waals surface area contributed by atoms with E-state index in [4.69, 9.17) is 16.3 Å². The molecule has 0 amide bonds. The number of thiophene rings is 1. The van der Waals surface area contributed by atoms with E-state index in [-0.39, 0.29) is 6.04 Å². The van der Waals surface area contributed by atoms with E-state index in [0.717, 1.165) is 33.2 Å². The Morgan fingerprint density at radius 3 is 2.67 bits per heavy atom. The van der Waals surface area contributed by atoms with Crippen LogP contribution in [0.5, 0.6) is 5.75 Å². The lowest BCUT2D eigenvalue weighted by Gasteiger charge is -2.22. The SMILES string of the molecule is CCCNC(c1cc(Cl)cc(Br)c1OC)c1sccc1Br. The third-order valence-corrected chi connectivity index (χ3v) is 5.80. The van der Waals surface area contributed by atoms with Gasteiger partial charge in [0, 0.05) is 19.9 Å². The van der Waals surface area contributed by atoms with Gasteiger partial charge in [-0.2, -0.15) is 0 Å². The summed E-state index contributed by atoms with van der Waals surface area (Å²) >= 11 is 15.1. The molecule has 0 spiro atoms. The average molecular weight is 454 g/mol. The molecule has 0 aliphatic heterocycles. The predicted octanol–water partition coefficient (Wildman–Crippen LogP) is 6.02. The topological polar surface area (TPSA) is 21.3 Å². The van der Waals surface area contributed by atoms with Crippen LogP contribution < -0.4 is 10.1 Å². The van der Waals surface area contributed by atoms with Gasteiger partial charge in [0.15, 0.2) is 0 Å². The minimum absolute atomic E-state index is 0.0456. The first-order valence-corrected chi connectivity index (χ1v) is 9.42. The molecular weight excluding hydrogens is 437 g/mol. The van der Waals surface area contributed by atoms with Gasteiger partial charge in [0.05, 0.1) is 17.6 Å². The number of benzene rings is 1. The van der Waals surface area contributed by atoms with Crippen molar-refractivity contribution < 1.29 is 4.74 Å². The molecule has 21 heavy (non-hydrogen) atoms. The van der Waals surface area contributed by atoms with E-state index in [1.807, 2.05) is 12.1 Å². The summed E-state index contributed by atoms with van der Waals surface area (Å²) in [6.45, 7) is 3.07. The molecule has 0 fully saturated rings. The Balaban J connectivity index is 2.53. The molecule has 1 unspecified atom stereocenters. The van der Waals surface area contributed by atoms with Crippen LogP contribution in [0.3, 0.4) is 0 Å². The molecule has 2 nitrogen and oxygen atoms in total. The summed E-state index contributed by atoms with van der Waals surface area (Å²) in [5.74, 6) is 0.813. The van der Waals surface area contributed by atoms with Gasteiger partial charge in [-0.15, -0.1) is 11.3 Å². The van der Waals surface area contributed by atoms with Crippen LogP contribution in [0.4, 0.5) is 0 Å². The maximum atomic E-state index is 6.24. The van der Waals surface area contributed by atoms with Crippen molar-refractivity contribution in [3.8, 4) is 5.75 Å². The number of hydrogen-bond donors (Lipinski definition) is 1. The Bertz CT molecular complexity index is 618. The van der Waals surface area contributed by atoms with E-state index in [9.17, 15) is 0 Å². The quantitative estimate of drug-likeness (QED) is 0.577. The lowest BCUT2D eigenvalue weighted by Crippen LogP contribution is -2.23. The first-order valence-electron chi connectivity index (χ1n) is 6.57. The Kier molecular flexibility index (Phi) is 6.56. The minimum Gasteiger partial charge on any atom is -0.495 e. The highest BCUT2D eigenvalue weighted by Crippen LogP contribution is 2.41. The maximum Gasteiger partial charge on any atom is 0.138 e. The first-order chi connectivity index (χ1) is 10.1. The molecule has 0 saturated heterocycles. The largest absolute Gasteiger partial charge is 0.495 e. The molecule has 114 valence electrons. The summed E-state index contributed by atoms with van der Waals surface area (Å²) in [5.41, 5.74) is 1.04. The second-order valence-corrected chi connectivity index (χ2v) is 7.62. The van der Waals surface area contributed by atoms with E-state index in [2.05, 4.69) is 55.5 Å². The fourth-order valence-corrected chi connectivity index (χ4v) is 4.84. The number of ether oxygens (including phenoxy) is 1. The zero-order chi connectivity index (χ0) is 15.4. The van der Waals surface area contributed by atoms with Gasteiger partial charge in [-0.3, -0.25) is 0 Å². The van der Waals surface area contributed by atoms with Crippen LogP contribution in [0, 0.1) is 0 Å². The molecule has 2 rings (SSSR count). The van der Waals surface area contributed by atoms with E-state index in [0.29, 0.717) is 5.02 Å².